The van der Waals surface area contributed by atoms with Crippen LogP contribution < -0.4 is 76.5 Å². The summed E-state index contributed by atoms with van der Waals surface area (Å²) < 4.78 is 35.0. The molecule has 20 rings (SSSR count). The summed E-state index contributed by atoms with van der Waals surface area (Å²) in [6, 6.07) is 65.2. The minimum absolute atomic E-state index is 0.207. The van der Waals surface area contributed by atoms with Crippen molar-refractivity contribution in [3.63, 3.8) is 0 Å². The van der Waals surface area contributed by atoms with E-state index in [1.54, 1.807) is 0 Å². The predicted octanol–water partition coefficient (Wildman–Crippen LogP) is 19.3. The third-order valence-electron chi connectivity index (χ3n) is 22.9. The fraction of sp³-hybridized carbons (Fsp3) is 0.165. The highest BCUT2D eigenvalue weighted by Gasteiger charge is 2.51. The fourth-order valence-electron chi connectivity index (χ4n) is 19.7. The highest BCUT2D eigenvalue weighted by atomic mass is 32.1. The van der Waals surface area contributed by atoms with Gasteiger partial charge in [-0.3, -0.25) is 0 Å². The first kappa shape index (κ1) is 61.4. The summed E-state index contributed by atoms with van der Waals surface area (Å²) >= 11 is 3.69. The van der Waals surface area contributed by atoms with Gasteiger partial charge in [0.2, 0.25) is 0 Å². The first-order chi connectivity index (χ1) is 49.2. The zero-order valence-corrected chi connectivity index (χ0v) is 61.9. The van der Waals surface area contributed by atoms with E-state index in [2.05, 4.69) is 284 Å². The van der Waals surface area contributed by atoms with Crippen molar-refractivity contribution in [1.82, 2.24) is 0 Å². The smallest absolute Gasteiger partial charge is 0.273 e. The van der Waals surface area contributed by atoms with Crippen LogP contribution in [0.3, 0.4) is 0 Å². The Bertz CT molecular complexity index is 5760. The lowest BCUT2D eigenvalue weighted by Gasteiger charge is -2.46. The number of aryl methyl sites for hydroxylation is 15. The Hall–Kier alpha value is -10.4. The lowest BCUT2D eigenvalue weighted by molar-refractivity contribution is 0.468. The van der Waals surface area contributed by atoms with Crippen LogP contribution in [0, 0.1) is 104 Å². The molecule has 0 saturated heterocycles. The lowest BCUT2D eigenvalue weighted by Crippen LogP contribution is -2.65. The van der Waals surface area contributed by atoms with Gasteiger partial charge >= 0.3 is 0 Å². The van der Waals surface area contributed by atoms with Crippen molar-refractivity contribution in [3.8, 4) is 79.4 Å². The van der Waals surface area contributed by atoms with Crippen LogP contribution in [-0.2, 0) is 0 Å². The monoisotopic (exact) mass is 1350 g/mol. The van der Waals surface area contributed by atoms with Crippen LogP contribution in [0.15, 0.2) is 170 Å². The van der Waals surface area contributed by atoms with E-state index in [1.807, 2.05) is 22.7 Å². The number of ether oxygens (including phenoxy) is 4. The molecule has 8 heterocycles. The molecular weight excluding hydrogens is 1280 g/mol. The third kappa shape index (κ3) is 8.73. The molecule has 492 valence electrons. The van der Waals surface area contributed by atoms with Crippen molar-refractivity contribution >= 4 is 145 Å². The molecule has 11 heteroatoms. The molecule has 0 atom stereocenters. The van der Waals surface area contributed by atoms with Gasteiger partial charge in [0.25, 0.3) is 20.1 Å². The Morgan fingerprint density at radius 2 is 0.588 bits per heavy atom. The number of hydrogen-bond acceptors (Lipinski definition) is 8. The normalized spacial score (nSPS) is 13.7. The number of anilines is 6. The molecule has 14 aromatic rings. The van der Waals surface area contributed by atoms with E-state index in [4.69, 9.17) is 18.9 Å². The second-order valence-electron chi connectivity index (χ2n) is 30.4. The summed E-state index contributed by atoms with van der Waals surface area (Å²) in [6.07, 6.45) is 0. The van der Waals surface area contributed by atoms with E-state index in [-0.39, 0.29) is 20.1 Å². The first-order valence-corrected chi connectivity index (χ1v) is 37.5. The highest BCUT2D eigenvalue weighted by molar-refractivity contribution is 7.33. The van der Waals surface area contributed by atoms with Gasteiger partial charge in [0.05, 0.1) is 11.4 Å². The third-order valence-corrected chi connectivity index (χ3v) is 25.3. The zero-order chi connectivity index (χ0) is 69.6. The second-order valence-corrected chi connectivity index (χ2v) is 32.5. The molecule has 12 aromatic carbocycles. The maximum Gasteiger partial charge on any atom is 0.273 e. The van der Waals surface area contributed by atoms with Crippen LogP contribution in [0.5, 0.6) is 46.0 Å². The minimum atomic E-state index is -0.301. The molecule has 102 heavy (non-hydrogen) atoms. The molecule has 6 nitrogen and oxygen atoms in total. The van der Waals surface area contributed by atoms with E-state index in [1.165, 1.54) is 147 Å². The molecule has 0 N–H and O–H groups in total. The van der Waals surface area contributed by atoms with E-state index in [0.29, 0.717) is 0 Å². The number of hydrogen-bond donors (Lipinski definition) is 0. The number of thiophene rings is 2. The van der Waals surface area contributed by atoms with Gasteiger partial charge in [-0.25, -0.2) is 0 Å². The van der Waals surface area contributed by atoms with Crippen LogP contribution in [0.2, 0.25) is 0 Å². The summed E-state index contributed by atoms with van der Waals surface area (Å²) in [5.74, 6) is 6.86. The largest absolute Gasteiger partial charge is 0.458 e. The Morgan fingerprint density at radius 3 is 0.941 bits per heavy atom. The zero-order valence-electron chi connectivity index (χ0n) is 60.2. The number of fused-ring (bicyclic) bond motifs is 16. The molecule has 2 aromatic heterocycles. The van der Waals surface area contributed by atoms with Crippen LogP contribution in [0.25, 0.3) is 53.6 Å². The van der Waals surface area contributed by atoms with E-state index in [0.717, 1.165) is 118 Å². The maximum absolute atomic E-state index is 7.75. The van der Waals surface area contributed by atoms with E-state index >= 15 is 0 Å². The van der Waals surface area contributed by atoms with Crippen molar-refractivity contribution < 1.29 is 18.9 Å². The van der Waals surface area contributed by atoms with Gasteiger partial charge in [0, 0.05) is 75.5 Å². The van der Waals surface area contributed by atoms with Gasteiger partial charge in [-0.05, 0) is 281 Å². The van der Waals surface area contributed by atoms with Crippen molar-refractivity contribution in [2.75, 3.05) is 9.80 Å². The molecule has 0 spiro atoms. The van der Waals surface area contributed by atoms with E-state index in [9.17, 15) is 0 Å². The Kier molecular flexibility index (Phi) is 13.1. The topological polar surface area (TPSA) is 43.4 Å². The molecule has 0 bridgehead atoms. The summed E-state index contributed by atoms with van der Waals surface area (Å²) in [6.45, 7) is 33.1. The van der Waals surface area contributed by atoms with Gasteiger partial charge in [-0.15, -0.1) is 22.7 Å². The van der Waals surface area contributed by atoms with Gasteiger partial charge < -0.3 is 28.7 Å². The Labute approximate surface area is 606 Å². The maximum atomic E-state index is 7.75. The fourth-order valence-corrected chi connectivity index (χ4v) is 22.2. The van der Waals surface area contributed by atoms with Crippen LogP contribution in [0.4, 0.5) is 34.1 Å². The second kappa shape index (κ2) is 21.8. The van der Waals surface area contributed by atoms with Gasteiger partial charge in [0.1, 0.15) is 46.0 Å². The quantitative estimate of drug-likeness (QED) is 0.160. The molecule has 6 aliphatic heterocycles. The van der Waals surface area contributed by atoms with Crippen molar-refractivity contribution in [1.29, 1.82) is 0 Å². The van der Waals surface area contributed by atoms with Crippen molar-refractivity contribution in [2.24, 2.45) is 0 Å². The van der Waals surface area contributed by atoms with Crippen LogP contribution in [-0.4, -0.2) is 20.1 Å². The lowest BCUT2D eigenvalue weighted by atomic mass is 9.30. The standard InChI is InChI=1S/C91H73B3N2O4S2/c1-44-24-49(6)80(50(7)25-44)59-34-70-83-71(35-59)96(87-57(14)32-48(5)33-58(87)15)69-43-73-67(94-85-75(98-73)37-61(82-53(10)28-46(3)29-54(82)11)39-77(85)100-89-63-21-17-19-23-79(63)102-91(89)94)41-65(69)92(83)64-40-66-72(42-68(64)95(70)86-55(12)30-47(4)31-56(86)13)97-74-36-60(81-51(8)26-45(2)27-52(81)9)38-76-84(74)93(66)90-88(99-76)62-20-16-18-22-78(62)101-90/h16-43H,1-15H3. The summed E-state index contributed by atoms with van der Waals surface area (Å²) in [5.41, 5.74) is 40.2. The van der Waals surface area contributed by atoms with Crippen LogP contribution in [0.1, 0.15) is 83.5 Å². The molecule has 0 radical (unpaired) electrons. The summed E-state index contributed by atoms with van der Waals surface area (Å²) in [4.78, 5) is 5.29. The average Bonchev–Trinajstić information content (AvgIpc) is 0.812. The summed E-state index contributed by atoms with van der Waals surface area (Å²) in [7, 11) is 0. The number of benzene rings is 12. The SMILES string of the molecule is Cc1cc(C)c(-c2cc3c4c(c2)Oc2c(sc5ccccc25)B4c2cc4c(cc2O3)N(c2c(C)cc(C)cc2C)c2cc(-c3c(C)cc(C)cc3C)cc3c2B4c2cc4c(cc2N3c2c(C)cc(C)cc2C)Oc2cc(-c3c(C)cc(C)cc3C)cc3c2B4c2sc4ccccc4c2O3)c(C)c1. The highest BCUT2D eigenvalue weighted by Crippen LogP contribution is 2.53. The molecule has 6 aliphatic rings. The number of nitrogens with zero attached hydrogens (tertiary/aromatic N) is 2. The van der Waals surface area contributed by atoms with Crippen molar-refractivity contribution in [3.05, 3.63) is 253 Å². The molecule has 0 unspecified atom stereocenters. The van der Waals surface area contributed by atoms with E-state index < -0.39 is 0 Å². The summed E-state index contributed by atoms with van der Waals surface area (Å²) in [5, 5.41) is 2.25. The molecule has 0 amide bonds. The van der Waals surface area contributed by atoms with Crippen molar-refractivity contribution in [2.45, 2.75) is 104 Å². The van der Waals surface area contributed by atoms with Gasteiger partial charge in [0.15, 0.2) is 0 Å². The van der Waals surface area contributed by atoms with Gasteiger partial charge in [-0.2, -0.15) is 0 Å². The Morgan fingerprint density at radius 1 is 0.275 bits per heavy atom. The average molecular weight is 1360 g/mol. The minimum Gasteiger partial charge on any atom is -0.458 e. The molecule has 0 aliphatic carbocycles. The molecular formula is C91H73B3N2O4S2. The van der Waals surface area contributed by atoms with Crippen LogP contribution >= 0.6 is 22.7 Å². The molecule has 0 fully saturated rings. The number of rotatable bonds is 5. The van der Waals surface area contributed by atoms with Gasteiger partial charge in [-0.1, -0.05) is 125 Å². The Balaban J connectivity index is 0.918. The predicted molar refractivity (Wildman–Crippen MR) is 434 cm³/mol. The molecule has 0 saturated carbocycles. The first-order valence-electron chi connectivity index (χ1n) is 35.8.